The van der Waals surface area contributed by atoms with Gasteiger partial charge in [0.2, 0.25) is 23.6 Å². The molecule has 0 saturated carbocycles. The molecular weight excluding hydrogens is 424 g/mol. The van der Waals surface area contributed by atoms with Crippen LogP contribution >= 0.6 is 0 Å². The van der Waals surface area contributed by atoms with Gasteiger partial charge in [0.1, 0.15) is 0 Å². The standard InChI is InChI=1S/C23H26N6O4/c1-16(30)26-20-10-6-18(7-11-20)14-24-28-22(32)4-3-5-23(33)29-25-15-19-8-12-21(13-9-19)27-17(2)31/h6-15H,3-5H2,1-2H3,(H,26,30)(H,27,31)(H,28,32)(H,29,33)/b24-14+,25-15+. The largest absolute Gasteiger partial charge is 0.326 e. The van der Waals surface area contributed by atoms with Gasteiger partial charge in [-0.2, -0.15) is 10.2 Å². The molecule has 0 aliphatic carbocycles. The van der Waals surface area contributed by atoms with E-state index in [1.165, 1.54) is 26.3 Å². The molecule has 2 aromatic rings. The molecule has 0 unspecified atom stereocenters. The molecular formula is C23H26N6O4. The number of anilines is 2. The quantitative estimate of drug-likeness (QED) is 0.326. The van der Waals surface area contributed by atoms with Crippen molar-refractivity contribution in [3.63, 3.8) is 0 Å². The molecule has 33 heavy (non-hydrogen) atoms. The fourth-order valence-corrected chi connectivity index (χ4v) is 2.59. The maximum absolute atomic E-state index is 11.8. The van der Waals surface area contributed by atoms with Crippen molar-refractivity contribution in [3.05, 3.63) is 59.7 Å². The zero-order chi connectivity index (χ0) is 24.1. The van der Waals surface area contributed by atoms with E-state index < -0.39 is 0 Å². The van der Waals surface area contributed by atoms with E-state index in [2.05, 4.69) is 31.7 Å². The molecule has 0 radical (unpaired) electrons. The van der Waals surface area contributed by atoms with Crippen molar-refractivity contribution in [3.8, 4) is 0 Å². The van der Waals surface area contributed by atoms with Crippen molar-refractivity contribution >= 4 is 47.4 Å². The first kappa shape index (κ1) is 24.9. The molecule has 0 aromatic heterocycles. The number of carbonyl (C=O) groups is 4. The molecule has 0 spiro atoms. The number of rotatable bonds is 10. The number of benzene rings is 2. The summed E-state index contributed by atoms with van der Waals surface area (Å²) in [5, 5.41) is 13.1. The molecule has 0 fully saturated rings. The third kappa shape index (κ3) is 10.5. The molecule has 172 valence electrons. The highest BCUT2D eigenvalue weighted by atomic mass is 16.2. The van der Waals surface area contributed by atoms with Gasteiger partial charge in [-0.1, -0.05) is 24.3 Å². The molecule has 2 rings (SSSR count). The smallest absolute Gasteiger partial charge is 0.240 e. The SMILES string of the molecule is CC(=O)Nc1ccc(/C=N/NC(=O)CCCC(=O)N/N=C/c2ccc(NC(C)=O)cc2)cc1. The Hall–Kier alpha value is -4.34. The summed E-state index contributed by atoms with van der Waals surface area (Å²) in [6, 6.07) is 13.9. The maximum Gasteiger partial charge on any atom is 0.240 e. The monoisotopic (exact) mass is 450 g/mol. The van der Waals surface area contributed by atoms with Crippen LogP contribution in [0.1, 0.15) is 44.2 Å². The first-order chi connectivity index (χ1) is 15.8. The van der Waals surface area contributed by atoms with Crippen LogP contribution in [0.15, 0.2) is 58.7 Å². The van der Waals surface area contributed by atoms with E-state index in [0.29, 0.717) is 17.8 Å². The van der Waals surface area contributed by atoms with Gasteiger partial charge in [0.15, 0.2) is 0 Å². The Morgan fingerprint density at radius 1 is 0.667 bits per heavy atom. The fourth-order valence-electron chi connectivity index (χ4n) is 2.59. The molecule has 0 saturated heterocycles. The highest BCUT2D eigenvalue weighted by Crippen LogP contribution is 2.08. The van der Waals surface area contributed by atoms with Gasteiger partial charge in [-0.25, -0.2) is 10.9 Å². The van der Waals surface area contributed by atoms with Crippen LogP contribution in [0, 0.1) is 0 Å². The van der Waals surface area contributed by atoms with E-state index in [-0.39, 0.29) is 36.5 Å². The first-order valence-corrected chi connectivity index (χ1v) is 10.2. The van der Waals surface area contributed by atoms with Crippen LogP contribution in [-0.4, -0.2) is 36.1 Å². The predicted octanol–water partition coefficient (Wildman–Crippen LogP) is 2.37. The lowest BCUT2D eigenvalue weighted by molar-refractivity contribution is -0.122. The van der Waals surface area contributed by atoms with E-state index in [1.54, 1.807) is 48.5 Å². The molecule has 2 aromatic carbocycles. The highest BCUT2D eigenvalue weighted by Gasteiger charge is 2.04. The minimum Gasteiger partial charge on any atom is -0.326 e. The van der Waals surface area contributed by atoms with Crippen molar-refractivity contribution in [2.45, 2.75) is 33.1 Å². The van der Waals surface area contributed by atoms with Crippen molar-refractivity contribution in [1.82, 2.24) is 10.9 Å². The molecule has 0 aliphatic rings. The summed E-state index contributed by atoms with van der Waals surface area (Å²) in [5.74, 6) is -0.925. The average molecular weight is 450 g/mol. The van der Waals surface area contributed by atoms with Gasteiger partial charge in [0, 0.05) is 38.1 Å². The molecule has 0 heterocycles. The van der Waals surface area contributed by atoms with Crippen molar-refractivity contribution in [2.75, 3.05) is 10.6 Å². The number of nitrogens with one attached hydrogen (secondary N) is 4. The van der Waals surface area contributed by atoms with Gasteiger partial charge in [-0.05, 0) is 41.8 Å². The summed E-state index contributed by atoms with van der Waals surface area (Å²) in [4.78, 5) is 45.6. The summed E-state index contributed by atoms with van der Waals surface area (Å²) >= 11 is 0. The molecule has 4 N–H and O–H groups in total. The number of hydrogen-bond acceptors (Lipinski definition) is 6. The van der Waals surface area contributed by atoms with Crippen molar-refractivity contribution in [2.24, 2.45) is 10.2 Å². The number of hydrazone groups is 2. The van der Waals surface area contributed by atoms with Crippen LogP contribution in [0.3, 0.4) is 0 Å². The summed E-state index contributed by atoms with van der Waals surface area (Å²) in [7, 11) is 0. The second-order valence-electron chi connectivity index (χ2n) is 7.05. The molecule has 10 heteroatoms. The Bertz CT molecular complexity index is 946. The molecule has 0 atom stereocenters. The zero-order valence-corrected chi connectivity index (χ0v) is 18.4. The van der Waals surface area contributed by atoms with E-state index in [9.17, 15) is 19.2 Å². The third-order valence-electron chi connectivity index (χ3n) is 4.08. The van der Waals surface area contributed by atoms with Crippen molar-refractivity contribution < 1.29 is 19.2 Å². The molecule has 4 amide bonds. The molecule has 10 nitrogen and oxygen atoms in total. The summed E-state index contributed by atoms with van der Waals surface area (Å²) in [6.07, 6.45) is 3.60. The Morgan fingerprint density at radius 2 is 1.03 bits per heavy atom. The minimum atomic E-state index is -0.309. The van der Waals surface area contributed by atoms with E-state index in [0.717, 1.165) is 11.1 Å². The lowest BCUT2D eigenvalue weighted by atomic mass is 10.2. The lowest BCUT2D eigenvalue weighted by Gasteiger charge is -2.02. The van der Waals surface area contributed by atoms with Crippen LogP contribution in [0.2, 0.25) is 0 Å². The first-order valence-electron chi connectivity index (χ1n) is 10.2. The van der Waals surface area contributed by atoms with Crippen LogP contribution in [-0.2, 0) is 19.2 Å². The van der Waals surface area contributed by atoms with Gasteiger partial charge >= 0.3 is 0 Å². The zero-order valence-electron chi connectivity index (χ0n) is 18.4. The number of hydrogen-bond donors (Lipinski definition) is 4. The van der Waals surface area contributed by atoms with Crippen LogP contribution < -0.4 is 21.5 Å². The topological polar surface area (TPSA) is 141 Å². The van der Waals surface area contributed by atoms with Gasteiger partial charge < -0.3 is 10.6 Å². The van der Waals surface area contributed by atoms with Gasteiger partial charge in [-0.15, -0.1) is 0 Å². The predicted molar refractivity (Wildman–Crippen MR) is 127 cm³/mol. The van der Waals surface area contributed by atoms with Gasteiger partial charge in [0.25, 0.3) is 0 Å². The van der Waals surface area contributed by atoms with Gasteiger partial charge in [-0.3, -0.25) is 19.2 Å². The average Bonchev–Trinajstić information content (AvgIpc) is 2.75. The lowest BCUT2D eigenvalue weighted by Crippen LogP contribution is -2.20. The minimum absolute atomic E-state index is 0.139. The van der Waals surface area contributed by atoms with E-state index >= 15 is 0 Å². The Labute approximate surface area is 191 Å². The summed E-state index contributed by atoms with van der Waals surface area (Å²) in [5.41, 5.74) is 7.67. The number of nitrogens with zero attached hydrogens (tertiary/aromatic N) is 2. The fraction of sp³-hybridized carbons (Fsp3) is 0.217. The Balaban J connectivity index is 1.63. The van der Waals surface area contributed by atoms with Crippen molar-refractivity contribution in [1.29, 1.82) is 0 Å². The summed E-state index contributed by atoms with van der Waals surface area (Å²) < 4.78 is 0. The second kappa shape index (κ2) is 13.2. The third-order valence-corrected chi connectivity index (χ3v) is 4.08. The van der Waals surface area contributed by atoms with Crippen LogP contribution in [0.5, 0.6) is 0 Å². The van der Waals surface area contributed by atoms with Crippen LogP contribution in [0.25, 0.3) is 0 Å². The normalized spacial score (nSPS) is 10.7. The number of amides is 4. The molecule has 0 bridgehead atoms. The Kier molecular flexibility index (Phi) is 9.94. The second-order valence-corrected chi connectivity index (χ2v) is 7.05. The van der Waals surface area contributed by atoms with E-state index in [4.69, 9.17) is 0 Å². The van der Waals surface area contributed by atoms with Crippen LogP contribution in [0.4, 0.5) is 11.4 Å². The number of carbonyl (C=O) groups excluding carboxylic acids is 4. The Morgan fingerprint density at radius 3 is 1.36 bits per heavy atom. The molecule has 0 aliphatic heterocycles. The summed E-state index contributed by atoms with van der Waals surface area (Å²) in [6.45, 7) is 2.86. The maximum atomic E-state index is 11.8. The van der Waals surface area contributed by atoms with E-state index in [1.807, 2.05) is 0 Å². The van der Waals surface area contributed by atoms with Gasteiger partial charge in [0.05, 0.1) is 12.4 Å². The highest BCUT2D eigenvalue weighted by molar-refractivity contribution is 5.90.